The number of hydrogen-bond donors (Lipinski definition) is 0. The summed E-state index contributed by atoms with van der Waals surface area (Å²) in [5, 5.41) is 0. The lowest BCUT2D eigenvalue weighted by atomic mass is 10.1. The van der Waals surface area contributed by atoms with E-state index in [-0.39, 0.29) is 17.8 Å². The molecule has 1 heterocycles. The van der Waals surface area contributed by atoms with Gasteiger partial charge >= 0.3 is 0 Å². The molecule has 19 heavy (non-hydrogen) atoms. The molecule has 0 saturated carbocycles. The largest absolute Gasteiger partial charge is 0.487 e. The lowest BCUT2D eigenvalue weighted by Gasteiger charge is -2.40. The van der Waals surface area contributed by atoms with Crippen molar-refractivity contribution in [3.63, 3.8) is 0 Å². The Morgan fingerprint density at radius 3 is 2.63 bits per heavy atom. The fraction of sp³-hybridized carbons (Fsp3) is 0.500. The molecule has 0 N–H and O–H groups in total. The monoisotopic (exact) mass is 267 g/mol. The van der Waals surface area contributed by atoms with Crippen molar-refractivity contribution in [2.45, 2.75) is 26.1 Å². The molecule has 4 nitrogen and oxygen atoms in total. The highest BCUT2D eigenvalue weighted by molar-refractivity contribution is 5.81. The van der Waals surface area contributed by atoms with Gasteiger partial charge in [0.05, 0.1) is 13.1 Å². The second kappa shape index (κ2) is 6.02. The molecule has 1 fully saturated rings. The zero-order chi connectivity index (χ0) is 13.8. The van der Waals surface area contributed by atoms with Crippen LogP contribution in [0.4, 0.5) is 4.39 Å². The number of likely N-dealkylation sites (tertiary alicyclic amines) is 1. The fourth-order valence-corrected chi connectivity index (χ4v) is 1.98. The van der Waals surface area contributed by atoms with Gasteiger partial charge in [0.25, 0.3) is 5.91 Å². The van der Waals surface area contributed by atoms with Gasteiger partial charge in [-0.15, -0.1) is 0 Å². The Hall–Kier alpha value is -1.62. The number of benzene rings is 1. The molecule has 2 rings (SSSR count). The van der Waals surface area contributed by atoms with E-state index in [2.05, 4.69) is 0 Å². The molecule has 0 unspecified atom stereocenters. The number of amides is 1. The van der Waals surface area contributed by atoms with E-state index in [1.807, 2.05) is 6.92 Å². The maximum atomic E-state index is 12.7. The van der Waals surface area contributed by atoms with Crippen molar-refractivity contribution < 1.29 is 18.7 Å². The highest BCUT2D eigenvalue weighted by atomic mass is 19.1. The van der Waals surface area contributed by atoms with Crippen LogP contribution in [0.3, 0.4) is 0 Å². The van der Waals surface area contributed by atoms with Crippen molar-refractivity contribution >= 4 is 5.91 Å². The van der Waals surface area contributed by atoms with Crippen LogP contribution >= 0.6 is 0 Å². The van der Waals surface area contributed by atoms with Gasteiger partial charge in [-0.25, -0.2) is 4.39 Å². The average molecular weight is 267 g/mol. The first-order valence-electron chi connectivity index (χ1n) is 6.42. The van der Waals surface area contributed by atoms with E-state index in [0.717, 1.165) is 0 Å². The van der Waals surface area contributed by atoms with Crippen LogP contribution < -0.4 is 4.74 Å². The van der Waals surface area contributed by atoms with E-state index in [1.165, 1.54) is 12.1 Å². The highest BCUT2D eigenvalue weighted by Crippen LogP contribution is 2.19. The Labute approximate surface area is 112 Å². The number of rotatable bonds is 5. The predicted octanol–water partition coefficient (Wildman–Crippen LogP) is 1.84. The minimum absolute atomic E-state index is 0.0131. The minimum Gasteiger partial charge on any atom is -0.487 e. The molecule has 104 valence electrons. The van der Waals surface area contributed by atoms with E-state index >= 15 is 0 Å². The molecule has 1 amide bonds. The number of carbonyl (C=O) groups is 1. The minimum atomic E-state index is -0.406. The Balaban J connectivity index is 1.77. The van der Waals surface area contributed by atoms with Crippen LogP contribution in [0.5, 0.6) is 5.75 Å². The van der Waals surface area contributed by atoms with Crippen LogP contribution in [-0.2, 0) is 9.53 Å². The van der Waals surface area contributed by atoms with Crippen LogP contribution in [0.1, 0.15) is 13.8 Å². The predicted molar refractivity (Wildman–Crippen MR) is 68.5 cm³/mol. The van der Waals surface area contributed by atoms with Gasteiger partial charge in [0, 0.05) is 6.61 Å². The van der Waals surface area contributed by atoms with E-state index in [0.29, 0.717) is 25.4 Å². The van der Waals surface area contributed by atoms with Gasteiger partial charge in [-0.05, 0) is 38.1 Å². The summed E-state index contributed by atoms with van der Waals surface area (Å²) in [4.78, 5) is 13.6. The topological polar surface area (TPSA) is 38.8 Å². The molecule has 1 aliphatic heterocycles. The Bertz CT molecular complexity index is 429. The van der Waals surface area contributed by atoms with Crippen LogP contribution in [0, 0.1) is 5.82 Å². The summed E-state index contributed by atoms with van der Waals surface area (Å²) < 4.78 is 23.6. The van der Waals surface area contributed by atoms with Gasteiger partial charge in [0.2, 0.25) is 0 Å². The average Bonchev–Trinajstić information content (AvgIpc) is 2.35. The summed E-state index contributed by atoms with van der Waals surface area (Å²) in [6.45, 7) is 5.23. The molecule has 1 saturated heterocycles. The molecule has 0 aromatic heterocycles. The van der Waals surface area contributed by atoms with E-state index < -0.39 is 6.10 Å². The van der Waals surface area contributed by atoms with E-state index in [1.54, 1.807) is 24.0 Å². The molecular weight excluding hydrogens is 249 g/mol. The molecule has 0 aliphatic carbocycles. The second-order valence-electron chi connectivity index (χ2n) is 4.53. The van der Waals surface area contributed by atoms with Gasteiger partial charge in [0.1, 0.15) is 23.8 Å². The maximum absolute atomic E-state index is 12.7. The van der Waals surface area contributed by atoms with Gasteiger partial charge in [-0.3, -0.25) is 4.79 Å². The zero-order valence-corrected chi connectivity index (χ0v) is 11.1. The van der Waals surface area contributed by atoms with Crippen LogP contribution in [0.2, 0.25) is 0 Å². The lowest BCUT2D eigenvalue weighted by Crippen LogP contribution is -2.58. The van der Waals surface area contributed by atoms with Gasteiger partial charge in [-0.1, -0.05) is 0 Å². The normalized spacial score (nSPS) is 16.9. The summed E-state index contributed by atoms with van der Waals surface area (Å²) in [6, 6.07) is 5.88. The second-order valence-corrected chi connectivity index (χ2v) is 4.53. The first kappa shape index (κ1) is 13.8. The van der Waals surface area contributed by atoms with Crippen molar-refractivity contribution in [1.82, 2.24) is 4.90 Å². The van der Waals surface area contributed by atoms with Crippen molar-refractivity contribution in [1.29, 1.82) is 0 Å². The SMILES string of the molecule is CCO[C@@H](C)C(=O)N1CC(Oc2ccc(F)cc2)C1. The highest BCUT2D eigenvalue weighted by Gasteiger charge is 2.34. The first-order valence-corrected chi connectivity index (χ1v) is 6.42. The maximum Gasteiger partial charge on any atom is 0.251 e. The van der Waals surface area contributed by atoms with E-state index in [4.69, 9.17) is 9.47 Å². The number of hydrogen-bond acceptors (Lipinski definition) is 3. The third kappa shape index (κ3) is 3.44. The third-order valence-corrected chi connectivity index (χ3v) is 3.04. The lowest BCUT2D eigenvalue weighted by molar-refractivity contribution is -0.151. The standard InChI is InChI=1S/C14H18FNO3/c1-3-18-10(2)14(17)16-8-13(9-16)19-12-6-4-11(15)5-7-12/h4-7,10,13H,3,8-9H2,1-2H3/t10-/m0/s1. The molecular formula is C14H18FNO3. The number of nitrogens with zero attached hydrogens (tertiary/aromatic N) is 1. The van der Waals surface area contributed by atoms with Gasteiger partial charge in [0.15, 0.2) is 0 Å². The van der Waals surface area contributed by atoms with E-state index in [9.17, 15) is 9.18 Å². The molecule has 1 aliphatic rings. The summed E-state index contributed by atoms with van der Waals surface area (Å²) in [7, 11) is 0. The number of halogens is 1. The van der Waals surface area contributed by atoms with Gasteiger partial charge < -0.3 is 14.4 Å². The van der Waals surface area contributed by atoms with Gasteiger partial charge in [-0.2, -0.15) is 0 Å². The summed E-state index contributed by atoms with van der Waals surface area (Å²) in [5.41, 5.74) is 0. The molecule has 5 heteroatoms. The molecule has 0 spiro atoms. The zero-order valence-electron chi connectivity index (χ0n) is 11.1. The summed E-state index contributed by atoms with van der Waals surface area (Å²) >= 11 is 0. The van der Waals surface area contributed by atoms with Crippen LogP contribution in [0.15, 0.2) is 24.3 Å². The Morgan fingerprint density at radius 2 is 2.05 bits per heavy atom. The molecule has 1 aromatic carbocycles. The smallest absolute Gasteiger partial charge is 0.251 e. The molecule has 0 radical (unpaired) electrons. The molecule has 0 bridgehead atoms. The number of ether oxygens (including phenoxy) is 2. The first-order chi connectivity index (χ1) is 9.10. The third-order valence-electron chi connectivity index (χ3n) is 3.04. The van der Waals surface area contributed by atoms with Crippen LogP contribution in [-0.4, -0.2) is 42.7 Å². The summed E-state index contributed by atoms with van der Waals surface area (Å²) in [6.07, 6.45) is -0.431. The number of carbonyl (C=O) groups excluding carboxylic acids is 1. The molecule has 1 atom stereocenters. The molecule has 1 aromatic rings. The summed E-state index contributed by atoms with van der Waals surface area (Å²) in [5.74, 6) is 0.320. The quantitative estimate of drug-likeness (QED) is 0.817. The fourth-order valence-electron chi connectivity index (χ4n) is 1.98. The Morgan fingerprint density at radius 1 is 1.42 bits per heavy atom. The van der Waals surface area contributed by atoms with Crippen LogP contribution in [0.25, 0.3) is 0 Å². The van der Waals surface area contributed by atoms with Crippen molar-refractivity contribution in [3.8, 4) is 5.75 Å². The van der Waals surface area contributed by atoms with Crippen molar-refractivity contribution in [2.75, 3.05) is 19.7 Å². The Kier molecular flexibility index (Phi) is 4.37. The van der Waals surface area contributed by atoms with Crippen molar-refractivity contribution in [2.24, 2.45) is 0 Å². The van der Waals surface area contributed by atoms with Crippen molar-refractivity contribution in [3.05, 3.63) is 30.1 Å².